The van der Waals surface area contributed by atoms with E-state index in [4.69, 9.17) is 4.74 Å². The molecule has 3 unspecified atom stereocenters. The van der Waals surface area contributed by atoms with Crippen LogP contribution in [0.25, 0.3) is 0 Å². The van der Waals surface area contributed by atoms with Gasteiger partial charge in [-0.15, -0.1) is 0 Å². The lowest BCUT2D eigenvalue weighted by molar-refractivity contribution is -0.148. The van der Waals surface area contributed by atoms with Crippen molar-refractivity contribution in [3.05, 3.63) is 96.1 Å². The first kappa shape index (κ1) is 30.8. The van der Waals surface area contributed by atoms with Gasteiger partial charge in [0.15, 0.2) is 11.6 Å². The van der Waals surface area contributed by atoms with Gasteiger partial charge in [-0.1, -0.05) is 66.6 Å². The largest absolute Gasteiger partial charge is 0.458 e. The summed E-state index contributed by atoms with van der Waals surface area (Å²) in [6, 6.07) is 18.1. The van der Waals surface area contributed by atoms with Crippen LogP contribution in [0.1, 0.15) is 46.5 Å². The fourth-order valence-corrected chi connectivity index (χ4v) is 12.4. The number of carbonyl (C=O) groups is 3. The number of esters is 1. The van der Waals surface area contributed by atoms with Gasteiger partial charge in [-0.25, -0.2) is 0 Å². The third kappa shape index (κ3) is 5.24. The molecule has 4 aliphatic rings. The fourth-order valence-electron chi connectivity index (χ4n) is 8.53. The molecule has 0 spiro atoms. The number of hydrogen-bond acceptors (Lipinski definition) is 6. The van der Waals surface area contributed by atoms with Crippen molar-refractivity contribution < 1.29 is 27.5 Å². The predicted octanol–water partition coefficient (Wildman–Crippen LogP) is 6.13. The van der Waals surface area contributed by atoms with E-state index in [1.165, 1.54) is 12.5 Å². The molecule has 2 aromatic carbocycles. The van der Waals surface area contributed by atoms with Crippen molar-refractivity contribution >= 4 is 39.1 Å². The Labute approximate surface area is 264 Å². The highest BCUT2D eigenvalue weighted by molar-refractivity contribution is 8.03. The van der Waals surface area contributed by atoms with Gasteiger partial charge in [0.05, 0.1) is 21.6 Å². The van der Waals surface area contributed by atoms with Crippen molar-refractivity contribution in [1.29, 1.82) is 0 Å². The Kier molecular flexibility index (Phi) is 8.35. The van der Waals surface area contributed by atoms with Gasteiger partial charge in [-0.3, -0.25) is 22.8 Å². The minimum absolute atomic E-state index is 0.0175. The maximum atomic E-state index is 14.5. The van der Waals surface area contributed by atoms with E-state index in [9.17, 15) is 22.8 Å². The van der Waals surface area contributed by atoms with Gasteiger partial charge in [0.2, 0.25) is 0 Å². The van der Waals surface area contributed by atoms with Crippen LogP contribution in [0.15, 0.2) is 106 Å². The van der Waals surface area contributed by atoms with Crippen molar-refractivity contribution in [2.45, 2.75) is 60.8 Å². The van der Waals surface area contributed by atoms with Crippen LogP contribution in [0, 0.1) is 34.5 Å². The quantitative estimate of drug-likeness (QED) is 0.257. The van der Waals surface area contributed by atoms with E-state index in [0.29, 0.717) is 22.6 Å². The van der Waals surface area contributed by atoms with E-state index >= 15 is 0 Å². The molecular weight excluding hydrogens is 593 g/mol. The lowest BCUT2D eigenvalue weighted by Crippen LogP contribution is -2.46. The van der Waals surface area contributed by atoms with Crippen LogP contribution >= 0.6 is 0 Å². The normalized spacial score (nSPS) is 32.7. The summed E-state index contributed by atoms with van der Waals surface area (Å²) < 4.78 is 33.4. The van der Waals surface area contributed by atoms with Crippen molar-refractivity contribution in [2.75, 3.05) is 6.61 Å². The molecule has 8 heteroatoms. The molecule has 4 aliphatic carbocycles. The monoisotopic (exact) mass is 630 g/mol. The van der Waals surface area contributed by atoms with Crippen LogP contribution in [0.4, 0.5) is 0 Å². The summed E-state index contributed by atoms with van der Waals surface area (Å²) in [6.45, 7) is 5.24. The smallest absolute Gasteiger partial charge is 0.303 e. The number of ether oxygens (including phenoxy) is 1. The molecule has 0 bridgehead atoms. The second kappa shape index (κ2) is 11.9. The molecule has 0 saturated heterocycles. The molecule has 0 aliphatic heterocycles. The van der Waals surface area contributed by atoms with E-state index in [2.05, 4.69) is 19.9 Å². The van der Waals surface area contributed by atoms with Crippen molar-refractivity contribution in [3.8, 4) is 0 Å². The molecule has 0 amide bonds. The van der Waals surface area contributed by atoms with Crippen LogP contribution in [0.5, 0.6) is 0 Å². The molecule has 2 fully saturated rings. The lowest BCUT2D eigenvalue weighted by Gasteiger charge is -2.52. The maximum Gasteiger partial charge on any atom is 0.303 e. The Morgan fingerprint density at radius 3 is 2.18 bits per heavy atom. The van der Waals surface area contributed by atoms with E-state index in [1.54, 1.807) is 36.4 Å². The maximum absolute atomic E-state index is 14.5. The van der Waals surface area contributed by atoms with Crippen molar-refractivity contribution in [1.82, 2.24) is 0 Å². The Bertz CT molecular complexity index is 1570. The Balaban J connectivity index is 1.46. The molecule has 0 N–H and O–H groups in total. The molecule has 230 valence electrons. The molecular formula is C36H38O6S2. The van der Waals surface area contributed by atoms with Crippen molar-refractivity contribution in [2.24, 2.45) is 34.5 Å². The molecule has 44 heavy (non-hydrogen) atoms. The number of rotatable bonds is 8. The highest BCUT2D eigenvalue weighted by Gasteiger charge is 2.63. The number of ketones is 2. The summed E-state index contributed by atoms with van der Waals surface area (Å²) in [5.41, 5.74) is 1.54. The second-order valence-electron chi connectivity index (χ2n) is 12.9. The average Bonchev–Trinajstić information content (AvgIpc) is 3.33. The summed E-state index contributed by atoms with van der Waals surface area (Å²) in [5, 5.41) is 0. The summed E-state index contributed by atoms with van der Waals surface area (Å²) in [4.78, 5) is 39.4. The van der Waals surface area contributed by atoms with Crippen molar-refractivity contribution in [3.63, 3.8) is 0 Å². The van der Waals surface area contributed by atoms with Gasteiger partial charge in [0.1, 0.15) is 11.2 Å². The topological polar surface area (TPSA) is 94.6 Å². The first-order valence-corrected chi connectivity index (χ1v) is 17.7. The minimum atomic E-state index is -1.69. The van der Waals surface area contributed by atoms with Gasteiger partial charge < -0.3 is 4.74 Å². The fraction of sp³-hybridized carbons (Fsp3) is 0.417. The Hall–Kier alpha value is -3.23. The van der Waals surface area contributed by atoms with Crippen LogP contribution in [-0.2, 0) is 40.7 Å². The number of allylic oxidation sites excluding steroid dienone is 6. The lowest BCUT2D eigenvalue weighted by atomic mass is 9.52. The predicted molar refractivity (Wildman–Crippen MR) is 170 cm³/mol. The van der Waals surface area contributed by atoms with E-state index in [-0.39, 0.29) is 35.4 Å². The van der Waals surface area contributed by atoms with E-state index in [0.717, 1.165) is 18.4 Å². The molecule has 0 radical (unpaired) electrons. The third-order valence-corrected chi connectivity index (χ3v) is 14.6. The zero-order chi connectivity index (χ0) is 31.2. The Morgan fingerprint density at radius 2 is 1.59 bits per heavy atom. The molecule has 0 aromatic heterocycles. The molecule has 8 atom stereocenters. The zero-order valence-electron chi connectivity index (χ0n) is 25.3. The first-order chi connectivity index (χ1) is 21.0. The summed E-state index contributed by atoms with van der Waals surface area (Å²) in [5.74, 6) is -1.60. The second-order valence-corrected chi connectivity index (χ2v) is 16.4. The van der Waals surface area contributed by atoms with Gasteiger partial charge in [0, 0.05) is 28.0 Å². The molecule has 2 saturated carbocycles. The third-order valence-electron chi connectivity index (χ3n) is 10.5. The number of benzene rings is 2. The molecule has 0 heterocycles. The SMILES string of the molecule is CC(=O)OCC(=O)[C@H]1C(C(S(=O)c2ccccc2)S(=O)c2ccccc2)C[C@H]2[C@@H]3CCC4=CC(=O)C=C[C@]4(C)C3=CC[C@]12C. The summed E-state index contributed by atoms with van der Waals surface area (Å²) in [7, 11) is -3.37. The Morgan fingerprint density at radius 1 is 0.977 bits per heavy atom. The molecule has 6 rings (SSSR count). The average molecular weight is 631 g/mol. The van der Waals surface area contributed by atoms with Crippen LogP contribution in [-0.4, -0.2) is 37.1 Å². The van der Waals surface area contributed by atoms with Crippen LogP contribution in [0.2, 0.25) is 0 Å². The molecule has 2 aromatic rings. The minimum Gasteiger partial charge on any atom is -0.458 e. The molecule has 6 nitrogen and oxygen atoms in total. The van der Waals surface area contributed by atoms with Crippen LogP contribution in [0.3, 0.4) is 0 Å². The van der Waals surface area contributed by atoms with Crippen LogP contribution < -0.4 is 0 Å². The number of carbonyl (C=O) groups excluding carboxylic acids is 3. The van der Waals surface area contributed by atoms with E-state index < -0.39 is 49.4 Å². The number of hydrogen-bond donors (Lipinski definition) is 0. The van der Waals surface area contributed by atoms with Gasteiger partial charge in [-0.2, -0.15) is 0 Å². The van der Waals surface area contributed by atoms with Gasteiger partial charge >= 0.3 is 5.97 Å². The van der Waals surface area contributed by atoms with E-state index in [1.807, 2.05) is 42.5 Å². The van der Waals surface area contributed by atoms with Gasteiger partial charge in [0.25, 0.3) is 0 Å². The zero-order valence-corrected chi connectivity index (χ0v) is 26.9. The highest BCUT2D eigenvalue weighted by Crippen LogP contribution is 2.66. The first-order valence-electron chi connectivity index (χ1n) is 15.3. The van der Waals surface area contributed by atoms with Gasteiger partial charge in [-0.05, 0) is 92.2 Å². The highest BCUT2D eigenvalue weighted by atomic mass is 32.2. The summed E-state index contributed by atoms with van der Waals surface area (Å²) in [6.07, 6.45) is 10.5. The standard InChI is InChI=1S/C36H38O6S2/c1-23(37)42-22-32(39)33-29(34(43(40)26-10-6-4-7-11-26)44(41)27-12-8-5-9-13-27)21-31-28-15-14-24-20-25(38)16-18-35(24,2)30(28)17-19-36(31,33)3/h4-13,16-18,20,28-29,31,33-34H,14-15,19,21-22H2,1-3H3/t28-,29?,31+,33-,34?,35+,36+,43?,44?/m1/s1. The number of fused-ring (bicyclic) bond motifs is 5. The summed E-state index contributed by atoms with van der Waals surface area (Å²) >= 11 is 0. The number of Topliss-reactive ketones (excluding diaryl/α,β-unsaturated/α-hetero) is 1.